The van der Waals surface area contributed by atoms with Crippen molar-refractivity contribution in [1.29, 1.82) is 0 Å². The normalized spacial score (nSPS) is 14.3. The lowest BCUT2D eigenvalue weighted by molar-refractivity contribution is -0.151. The Hall–Kier alpha value is -3.03. The van der Waals surface area contributed by atoms with Crippen LogP contribution in [0.3, 0.4) is 0 Å². The number of aliphatic carboxylic acids is 2. The third-order valence-corrected chi connectivity index (χ3v) is 4.94. The van der Waals surface area contributed by atoms with E-state index in [1.807, 2.05) is 6.26 Å². The van der Waals surface area contributed by atoms with Crippen molar-refractivity contribution in [3.05, 3.63) is 10.4 Å². The molecule has 0 spiro atoms. The van der Waals surface area contributed by atoms with Crippen LogP contribution in [-0.2, 0) is 24.0 Å². The first-order valence-electron chi connectivity index (χ1n) is 12.6. The fourth-order valence-electron chi connectivity index (χ4n) is 2.10. The summed E-state index contributed by atoms with van der Waals surface area (Å²) in [4.78, 5) is 56.2. The van der Waals surface area contributed by atoms with Gasteiger partial charge in [0.15, 0.2) is 0 Å². The number of nitrogens with two attached hydrogens (primary N) is 3. The summed E-state index contributed by atoms with van der Waals surface area (Å²) in [6, 6.07) is 0. The topological polar surface area (TPSA) is 265 Å². The zero-order valence-electron chi connectivity index (χ0n) is 24.3. The smallest absolute Gasteiger partial charge is 0.308 e. The summed E-state index contributed by atoms with van der Waals surface area (Å²) in [6.07, 6.45) is 7.68. The monoisotopic (exact) mass is 582 g/mol. The minimum Gasteiger partial charge on any atom is -0.481 e. The van der Waals surface area contributed by atoms with Gasteiger partial charge in [0.2, 0.25) is 17.7 Å². The maximum Gasteiger partial charge on any atom is 0.308 e. The standard InChI is InChI=1S/C9H16N2O4.C6H11NO3.C3H8N4.C3H6.C2H6S.CH4/c1-4(7(10)12)6(9(14)15)5(2)8(13)11-3;1-3(5(7)8)4(2)6(9)10;4-2-1-3-6-7-5;1-2-3-1;1-3-2;/h4-6H,1-3H3,(H2,10,12)(H,11,13)(H,14,15);3-4H,1-2H3,(H2,7,8)(H,9,10);1-4H2;1-3H2;1-2H3;1H4/i;;;;1D;. The molecule has 3 amide bonds. The highest BCUT2D eigenvalue weighted by Crippen LogP contribution is 2.21. The summed E-state index contributed by atoms with van der Waals surface area (Å²) < 4.78 is 6.41. The quantitative estimate of drug-likeness (QED) is 0.0902. The van der Waals surface area contributed by atoms with Crippen LogP contribution in [0.4, 0.5) is 0 Å². The number of nitrogens with one attached hydrogen (secondary N) is 1. The van der Waals surface area contributed by atoms with E-state index in [4.69, 9.17) is 34.3 Å². The highest BCUT2D eigenvalue weighted by atomic mass is 32.2. The molecule has 230 valence electrons. The molecule has 1 fully saturated rings. The van der Waals surface area contributed by atoms with Crippen LogP contribution in [0, 0.1) is 29.6 Å². The number of carboxylic acids is 2. The van der Waals surface area contributed by atoms with Gasteiger partial charge in [-0.3, -0.25) is 24.0 Å². The summed E-state index contributed by atoms with van der Waals surface area (Å²) in [6.45, 7) is 6.93. The SMILES string of the molecule is C.C1CC1.CC(C(N)=O)C(C)C(=O)O.CNC(=O)C(C)C(C(=O)O)C(C)C(N)=O.[2H]CSC.[N-]=[N+]=NCCCN. The second kappa shape index (κ2) is 29.5. The van der Waals surface area contributed by atoms with E-state index < -0.39 is 59.2 Å². The van der Waals surface area contributed by atoms with E-state index >= 15 is 0 Å². The van der Waals surface area contributed by atoms with Crippen molar-refractivity contribution < 1.29 is 35.6 Å². The average Bonchev–Trinajstić information content (AvgIpc) is 3.78. The molecule has 9 N–H and O–H groups in total. The molecule has 0 saturated heterocycles. The number of carboxylic acid groups (broad SMARTS) is 2. The van der Waals surface area contributed by atoms with Crippen LogP contribution < -0.4 is 22.5 Å². The molecule has 0 aromatic rings. The Labute approximate surface area is 238 Å². The second-order valence-corrected chi connectivity index (χ2v) is 8.80. The number of hydrogen-bond acceptors (Lipinski definition) is 8. The highest BCUT2D eigenvalue weighted by molar-refractivity contribution is 7.97. The Morgan fingerprint density at radius 1 is 0.974 bits per heavy atom. The number of primary amides is 2. The molecule has 1 aliphatic carbocycles. The minimum absolute atomic E-state index is 0. The van der Waals surface area contributed by atoms with Gasteiger partial charge >= 0.3 is 11.9 Å². The van der Waals surface area contributed by atoms with Crippen LogP contribution in [0.15, 0.2) is 5.11 Å². The minimum atomic E-state index is -1.20. The highest BCUT2D eigenvalue weighted by Gasteiger charge is 2.36. The van der Waals surface area contributed by atoms with Gasteiger partial charge in [0.25, 0.3) is 0 Å². The van der Waals surface area contributed by atoms with E-state index in [1.54, 1.807) is 0 Å². The van der Waals surface area contributed by atoms with Gasteiger partial charge in [0.1, 0.15) is 0 Å². The van der Waals surface area contributed by atoms with Crippen molar-refractivity contribution in [2.75, 3.05) is 32.6 Å². The molecule has 1 rings (SSSR count). The van der Waals surface area contributed by atoms with Gasteiger partial charge < -0.3 is 32.7 Å². The van der Waals surface area contributed by atoms with Gasteiger partial charge in [-0.05, 0) is 31.0 Å². The number of thioether (sulfide) groups is 1. The lowest BCUT2D eigenvalue weighted by Crippen LogP contribution is -2.41. The van der Waals surface area contributed by atoms with Crippen LogP contribution in [0.25, 0.3) is 10.4 Å². The summed E-state index contributed by atoms with van der Waals surface area (Å²) in [5, 5.41) is 22.9. The lowest BCUT2D eigenvalue weighted by atomic mass is 9.82. The first-order valence-corrected chi connectivity index (χ1v) is 13.3. The first-order chi connectivity index (χ1) is 18.1. The molecule has 5 unspecified atom stereocenters. The van der Waals surface area contributed by atoms with E-state index in [2.05, 4.69) is 15.3 Å². The number of hydrogen-bond donors (Lipinski definition) is 6. The van der Waals surface area contributed by atoms with Crippen LogP contribution >= 0.6 is 11.8 Å². The maximum atomic E-state index is 11.3. The van der Waals surface area contributed by atoms with E-state index in [-0.39, 0.29) is 7.43 Å². The Balaban J connectivity index is -0.000000141. The maximum absolute atomic E-state index is 11.3. The summed E-state index contributed by atoms with van der Waals surface area (Å²) in [5.41, 5.74) is 22.7. The van der Waals surface area contributed by atoms with Gasteiger partial charge in [-0.25, -0.2) is 0 Å². The van der Waals surface area contributed by atoms with Crippen molar-refractivity contribution in [3.63, 3.8) is 0 Å². The zero-order valence-corrected chi connectivity index (χ0v) is 24.1. The molecule has 0 aliphatic heterocycles. The van der Waals surface area contributed by atoms with Gasteiger partial charge in [0, 0.05) is 37.6 Å². The molecule has 1 saturated carbocycles. The van der Waals surface area contributed by atoms with Gasteiger partial charge in [-0.15, -0.1) is 0 Å². The summed E-state index contributed by atoms with van der Waals surface area (Å²) in [7, 11) is 1.41. The summed E-state index contributed by atoms with van der Waals surface area (Å²) >= 11 is 1.52. The number of nitrogens with zero attached hydrogens (tertiary/aromatic N) is 3. The largest absolute Gasteiger partial charge is 0.481 e. The van der Waals surface area contributed by atoms with Crippen molar-refractivity contribution in [3.8, 4) is 0 Å². The molecule has 5 atom stereocenters. The molecule has 0 aromatic carbocycles. The van der Waals surface area contributed by atoms with Crippen LogP contribution in [0.1, 0.15) is 62.2 Å². The molecular weight excluding hydrogens is 530 g/mol. The van der Waals surface area contributed by atoms with Crippen LogP contribution in [0.5, 0.6) is 0 Å². The molecular formula is C24H51N7O7S. The first kappa shape index (κ1) is 43.0. The predicted octanol–water partition coefficient (Wildman–Crippen LogP) is 2.45. The third kappa shape index (κ3) is 29.4. The Morgan fingerprint density at radius 2 is 1.41 bits per heavy atom. The third-order valence-electron chi connectivity index (χ3n) is 4.94. The van der Waals surface area contributed by atoms with Crippen LogP contribution in [-0.4, -0.2) is 72.5 Å². The second-order valence-electron chi connectivity index (χ2n) is 8.22. The van der Waals surface area contributed by atoms with Crippen molar-refractivity contribution in [2.45, 2.75) is 60.8 Å². The van der Waals surface area contributed by atoms with Gasteiger partial charge in [-0.2, -0.15) is 11.8 Å². The fourth-order valence-corrected chi connectivity index (χ4v) is 2.10. The molecule has 1 aliphatic rings. The van der Waals surface area contributed by atoms with Crippen molar-refractivity contribution >= 4 is 41.4 Å². The number of carbonyl (C=O) groups is 5. The lowest BCUT2D eigenvalue weighted by Gasteiger charge is -2.22. The van der Waals surface area contributed by atoms with Crippen molar-refractivity contribution in [2.24, 2.45) is 51.9 Å². The molecule has 15 heteroatoms. The molecule has 0 heterocycles. The van der Waals surface area contributed by atoms with E-state index in [0.717, 1.165) is 6.42 Å². The Morgan fingerprint density at radius 3 is 1.62 bits per heavy atom. The van der Waals surface area contributed by atoms with Gasteiger partial charge in [-0.1, -0.05) is 59.5 Å². The number of amides is 3. The van der Waals surface area contributed by atoms with E-state index in [9.17, 15) is 24.0 Å². The van der Waals surface area contributed by atoms with Crippen LogP contribution in [0.2, 0.25) is 0 Å². The van der Waals surface area contributed by atoms with Gasteiger partial charge in [0.05, 0.1) is 11.8 Å². The molecule has 0 bridgehead atoms. The zero-order chi connectivity index (χ0) is 31.6. The molecule has 0 aromatic heterocycles. The number of rotatable bonds is 11. The predicted molar refractivity (Wildman–Crippen MR) is 156 cm³/mol. The molecule has 39 heavy (non-hydrogen) atoms. The van der Waals surface area contributed by atoms with Crippen molar-refractivity contribution in [1.82, 2.24) is 5.32 Å². The fraction of sp³-hybridized carbons (Fsp3) is 0.792. The summed E-state index contributed by atoms with van der Waals surface area (Å²) in [5.74, 6) is -7.98. The Bertz CT molecular complexity index is 747. The van der Waals surface area contributed by atoms with E-state index in [0.29, 0.717) is 19.3 Å². The van der Waals surface area contributed by atoms with E-state index in [1.165, 1.54) is 65.8 Å². The number of carbonyl (C=O) groups excluding carboxylic acids is 3. The average molecular weight is 583 g/mol. The number of azide groups is 1. The Kier molecular flexibility index (Phi) is 32.6. The molecule has 0 radical (unpaired) electrons. The molecule has 14 nitrogen and oxygen atoms in total.